The molecule has 6 nitrogen and oxygen atoms in total. The minimum atomic E-state index is -0.661. The summed E-state index contributed by atoms with van der Waals surface area (Å²) >= 11 is 0. The first-order chi connectivity index (χ1) is 12.9. The van der Waals surface area contributed by atoms with Crippen LogP contribution in [0.25, 0.3) is 10.8 Å². The van der Waals surface area contributed by atoms with Gasteiger partial charge in [0.15, 0.2) is 0 Å². The van der Waals surface area contributed by atoms with E-state index in [-0.39, 0.29) is 30.0 Å². The second-order valence-electron chi connectivity index (χ2n) is 6.24. The number of primary amides is 1. The first kappa shape index (κ1) is 18.3. The molecule has 0 aliphatic rings. The molecular weight excluding hydrogens is 349 g/mol. The summed E-state index contributed by atoms with van der Waals surface area (Å²) in [4.78, 5) is 38.7. The summed E-state index contributed by atoms with van der Waals surface area (Å²) in [6, 6.07) is 14.2. The van der Waals surface area contributed by atoms with Crippen molar-refractivity contribution in [1.82, 2.24) is 10.3 Å². The van der Waals surface area contributed by atoms with Gasteiger partial charge < -0.3 is 16.0 Å². The molecule has 1 heterocycles. The molecule has 0 radical (unpaired) electrons. The number of rotatable bonds is 6. The number of benzene rings is 2. The number of aromatic amines is 1. The van der Waals surface area contributed by atoms with Crippen molar-refractivity contribution in [3.63, 3.8) is 0 Å². The summed E-state index contributed by atoms with van der Waals surface area (Å²) < 4.78 is 13.0. The molecule has 0 fully saturated rings. The molecule has 27 heavy (non-hydrogen) atoms. The third kappa shape index (κ3) is 4.38. The lowest BCUT2D eigenvalue weighted by Crippen LogP contribution is -2.37. The lowest BCUT2D eigenvalue weighted by Gasteiger charge is -2.14. The minimum Gasteiger partial charge on any atom is -0.369 e. The van der Waals surface area contributed by atoms with Gasteiger partial charge in [0.2, 0.25) is 5.91 Å². The van der Waals surface area contributed by atoms with Crippen LogP contribution in [0.1, 0.15) is 16.1 Å². The van der Waals surface area contributed by atoms with Gasteiger partial charge in [-0.15, -0.1) is 0 Å². The van der Waals surface area contributed by atoms with E-state index in [0.29, 0.717) is 10.8 Å². The Bertz CT molecular complexity index is 1040. The van der Waals surface area contributed by atoms with E-state index in [9.17, 15) is 18.8 Å². The maximum atomic E-state index is 13.0. The van der Waals surface area contributed by atoms with Crippen LogP contribution in [0.3, 0.4) is 0 Å². The Kier molecular flexibility index (Phi) is 5.30. The van der Waals surface area contributed by atoms with Gasteiger partial charge in [0.05, 0.1) is 5.92 Å². The molecule has 2 aromatic carbocycles. The van der Waals surface area contributed by atoms with Gasteiger partial charge >= 0.3 is 0 Å². The van der Waals surface area contributed by atoms with Gasteiger partial charge in [-0.2, -0.15) is 0 Å². The third-order valence-electron chi connectivity index (χ3n) is 4.30. The predicted octanol–water partition coefficient (Wildman–Crippen LogP) is 1.74. The van der Waals surface area contributed by atoms with Crippen LogP contribution < -0.4 is 16.6 Å². The van der Waals surface area contributed by atoms with Crippen molar-refractivity contribution >= 4 is 22.6 Å². The van der Waals surface area contributed by atoms with Gasteiger partial charge in [-0.25, -0.2) is 4.39 Å². The van der Waals surface area contributed by atoms with E-state index in [1.807, 2.05) is 0 Å². The molecule has 1 aromatic heterocycles. The van der Waals surface area contributed by atoms with Crippen molar-refractivity contribution in [1.29, 1.82) is 0 Å². The van der Waals surface area contributed by atoms with Crippen LogP contribution in [0.15, 0.2) is 59.4 Å². The molecule has 0 bridgehead atoms. The number of nitrogens with one attached hydrogen (secondary N) is 2. The van der Waals surface area contributed by atoms with Crippen LogP contribution in [0.5, 0.6) is 0 Å². The average Bonchev–Trinajstić information content (AvgIpc) is 2.66. The van der Waals surface area contributed by atoms with E-state index in [2.05, 4.69) is 10.3 Å². The molecule has 0 saturated carbocycles. The topological polar surface area (TPSA) is 105 Å². The Balaban J connectivity index is 1.71. The van der Waals surface area contributed by atoms with Gasteiger partial charge in [-0.05, 0) is 41.6 Å². The zero-order valence-corrected chi connectivity index (χ0v) is 14.4. The Morgan fingerprint density at radius 3 is 2.52 bits per heavy atom. The number of hydrogen-bond acceptors (Lipinski definition) is 3. The molecule has 2 amide bonds. The van der Waals surface area contributed by atoms with Crippen molar-refractivity contribution in [3.8, 4) is 0 Å². The van der Waals surface area contributed by atoms with Crippen LogP contribution in [-0.4, -0.2) is 23.3 Å². The number of amides is 2. The molecule has 0 saturated heterocycles. The van der Waals surface area contributed by atoms with Gasteiger partial charge in [-0.3, -0.25) is 14.4 Å². The number of carbonyl (C=O) groups is 2. The SMILES string of the molecule is NC(=O)C(CNC(=O)c1cc2ccccc2c(=O)[nH]1)Cc1ccc(F)cc1. The number of carbonyl (C=O) groups excluding carboxylic acids is 2. The number of fused-ring (bicyclic) bond motifs is 1. The maximum Gasteiger partial charge on any atom is 0.267 e. The number of halogens is 1. The number of hydrogen-bond donors (Lipinski definition) is 3. The summed E-state index contributed by atoms with van der Waals surface area (Å²) in [6.45, 7) is 0.000397. The summed E-state index contributed by atoms with van der Waals surface area (Å²) in [5, 5.41) is 3.75. The van der Waals surface area contributed by atoms with Gasteiger partial charge in [0.25, 0.3) is 11.5 Å². The highest BCUT2D eigenvalue weighted by Gasteiger charge is 2.18. The summed E-state index contributed by atoms with van der Waals surface area (Å²) in [5.41, 5.74) is 5.88. The summed E-state index contributed by atoms with van der Waals surface area (Å²) in [7, 11) is 0. The monoisotopic (exact) mass is 367 g/mol. The molecule has 138 valence electrons. The number of aromatic nitrogens is 1. The molecular formula is C20H18FN3O3. The smallest absolute Gasteiger partial charge is 0.267 e. The summed E-state index contributed by atoms with van der Waals surface area (Å²) in [6.07, 6.45) is 0.268. The molecule has 4 N–H and O–H groups in total. The van der Waals surface area contributed by atoms with E-state index in [1.165, 1.54) is 12.1 Å². The van der Waals surface area contributed by atoms with Crippen molar-refractivity contribution in [3.05, 3.63) is 82.0 Å². The molecule has 1 unspecified atom stereocenters. The van der Waals surface area contributed by atoms with Crippen molar-refractivity contribution in [2.75, 3.05) is 6.54 Å². The Morgan fingerprint density at radius 2 is 1.81 bits per heavy atom. The fourth-order valence-electron chi connectivity index (χ4n) is 2.82. The largest absolute Gasteiger partial charge is 0.369 e. The van der Waals surface area contributed by atoms with Crippen LogP contribution in [-0.2, 0) is 11.2 Å². The number of pyridine rings is 1. The highest BCUT2D eigenvalue weighted by Crippen LogP contribution is 2.11. The Labute approximate surface area is 154 Å². The standard InChI is InChI=1S/C20H18FN3O3/c21-15-7-5-12(6-8-15)9-14(18(22)25)11-23-20(27)17-10-13-3-1-2-4-16(13)19(26)24-17/h1-8,10,14H,9,11H2,(H2,22,25)(H,23,27)(H,24,26). The first-order valence-corrected chi connectivity index (χ1v) is 8.38. The highest BCUT2D eigenvalue weighted by atomic mass is 19.1. The van der Waals surface area contributed by atoms with Gasteiger partial charge in [-0.1, -0.05) is 30.3 Å². The highest BCUT2D eigenvalue weighted by molar-refractivity contribution is 5.96. The van der Waals surface area contributed by atoms with Crippen molar-refractivity contribution in [2.24, 2.45) is 11.7 Å². The summed E-state index contributed by atoms with van der Waals surface area (Å²) in [5.74, 6) is -2.12. The van der Waals surface area contributed by atoms with E-state index in [0.717, 1.165) is 5.56 Å². The predicted molar refractivity (Wildman–Crippen MR) is 99.7 cm³/mol. The van der Waals surface area contributed by atoms with Gasteiger partial charge in [0, 0.05) is 11.9 Å². The van der Waals surface area contributed by atoms with Crippen LogP contribution in [0, 0.1) is 11.7 Å². The zero-order chi connectivity index (χ0) is 19.4. The lowest BCUT2D eigenvalue weighted by molar-refractivity contribution is -0.121. The fourth-order valence-corrected chi connectivity index (χ4v) is 2.82. The van der Waals surface area contributed by atoms with E-state index < -0.39 is 17.7 Å². The van der Waals surface area contributed by atoms with E-state index in [1.54, 1.807) is 42.5 Å². The van der Waals surface area contributed by atoms with E-state index >= 15 is 0 Å². The molecule has 0 aliphatic carbocycles. The van der Waals surface area contributed by atoms with Crippen molar-refractivity contribution in [2.45, 2.75) is 6.42 Å². The molecule has 3 aromatic rings. The van der Waals surface area contributed by atoms with Crippen LogP contribution in [0.2, 0.25) is 0 Å². The zero-order valence-electron chi connectivity index (χ0n) is 14.4. The lowest BCUT2D eigenvalue weighted by atomic mass is 9.98. The van der Waals surface area contributed by atoms with E-state index in [4.69, 9.17) is 5.73 Å². The molecule has 7 heteroatoms. The van der Waals surface area contributed by atoms with Crippen LogP contribution in [0.4, 0.5) is 4.39 Å². The quantitative estimate of drug-likeness (QED) is 0.618. The minimum absolute atomic E-state index is 0.000397. The molecule has 1 atom stereocenters. The second kappa shape index (κ2) is 7.82. The normalized spacial score (nSPS) is 11.9. The molecule has 3 rings (SSSR count). The first-order valence-electron chi connectivity index (χ1n) is 8.38. The van der Waals surface area contributed by atoms with Gasteiger partial charge in [0.1, 0.15) is 11.5 Å². The Morgan fingerprint density at radius 1 is 1.11 bits per heavy atom. The van der Waals surface area contributed by atoms with Crippen molar-refractivity contribution < 1.29 is 14.0 Å². The number of H-pyrrole nitrogens is 1. The second-order valence-corrected chi connectivity index (χ2v) is 6.24. The third-order valence-corrected chi connectivity index (χ3v) is 4.30. The fraction of sp³-hybridized carbons (Fsp3) is 0.150. The maximum absolute atomic E-state index is 13.0. The Hall–Kier alpha value is -3.48. The number of nitrogens with two attached hydrogens (primary N) is 1. The molecule has 0 spiro atoms. The van der Waals surface area contributed by atoms with Crippen LogP contribution >= 0.6 is 0 Å². The molecule has 0 aliphatic heterocycles. The average molecular weight is 367 g/mol.